The first-order valence-corrected chi connectivity index (χ1v) is 15.5. The minimum atomic E-state index is -1.19. The molecule has 0 radical (unpaired) electrons. The third-order valence-corrected chi connectivity index (χ3v) is 10.4. The number of nitrogens with one attached hydrogen (secondary N) is 1. The number of pyridine rings is 1. The van der Waals surface area contributed by atoms with Gasteiger partial charge in [-0.3, -0.25) is 4.90 Å². The molecular formula is C32H30F4N6O3. The van der Waals surface area contributed by atoms with Gasteiger partial charge in [0.05, 0.1) is 11.6 Å². The number of hydrogen-bond donors (Lipinski definition) is 2. The summed E-state index contributed by atoms with van der Waals surface area (Å²) in [5.41, 5.74) is -1.12. The number of phenolic OH excluding ortho intramolecular Hbond substituents is 1. The molecule has 7 heterocycles. The maximum atomic E-state index is 16.8. The summed E-state index contributed by atoms with van der Waals surface area (Å²) in [6, 6.07) is 4.83. The molecule has 5 atom stereocenters. The molecule has 2 aromatic heterocycles. The summed E-state index contributed by atoms with van der Waals surface area (Å²) in [5, 5.41) is 14.3. The number of fused-ring (bicyclic) bond motifs is 7. The van der Waals surface area contributed by atoms with Gasteiger partial charge in [-0.05, 0) is 55.8 Å². The SMILES string of the molecule is Oc1cc(-c2nc3c4c(nc(OC[C@]56CCCN5C[C@H](F)C6)nc4c2F)N2C[C@H]4CC[C@H](N4)[C@@H]2CO3)c2c(F)c(F)ccc2c1. The molecule has 234 valence electrons. The summed E-state index contributed by atoms with van der Waals surface area (Å²) >= 11 is 0. The molecule has 9 rings (SSSR count). The summed E-state index contributed by atoms with van der Waals surface area (Å²) in [7, 11) is 0. The number of alkyl halides is 1. The average molecular weight is 623 g/mol. The van der Waals surface area contributed by atoms with Crippen LogP contribution in [-0.4, -0.2) is 87.6 Å². The second kappa shape index (κ2) is 9.76. The first kappa shape index (κ1) is 27.3. The van der Waals surface area contributed by atoms with E-state index in [-0.39, 0.29) is 81.9 Å². The van der Waals surface area contributed by atoms with Gasteiger partial charge in [-0.25, -0.2) is 22.5 Å². The van der Waals surface area contributed by atoms with Crippen LogP contribution in [0.5, 0.6) is 17.6 Å². The molecule has 0 aliphatic carbocycles. The predicted octanol–water partition coefficient (Wildman–Crippen LogP) is 4.62. The van der Waals surface area contributed by atoms with Gasteiger partial charge >= 0.3 is 6.01 Å². The zero-order valence-corrected chi connectivity index (χ0v) is 24.2. The highest BCUT2D eigenvalue weighted by molar-refractivity contribution is 6.02. The predicted molar refractivity (Wildman–Crippen MR) is 157 cm³/mol. The Labute approximate surface area is 255 Å². The van der Waals surface area contributed by atoms with E-state index >= 15 is 8.78 Å². The van der Waals surface area contributed by atoms with Crippen LogP contribution in [0, 0.1) is 17.5 Å². The molecule has 13 heteroatoms. The molecule has 4 saturated heterocycles. The Morgan fingerprint density at radius 3 is 2.84 bits per heavy atom. The number of rotatable bonds is 4. The molecule has 2 aromatic carbocycles. The Morgan fingerprint density at radius 1 is 1.07 bits per heavy atom. The summed E-state index contributed by atoms with van der Waals surface area (Å²) in [4.78, 5) is 18.1. The van der Waals surface area contributed by atoms with E-state index in [1.807, 2.05) is 0 Å². The molecule has 4 fully saturated rings. The van der Waals surface area contributed by atoms with Gasteiger partial charge in [0.25, 0.3) is 0 Å². The number of anilines is 1. The van der Waals surface area contributed by atoms with E-state index < -0.39 is 29.2 Å². The number of piperazine rings is 1. The first-order valence-electron chi connectivity index (χ1n) is 15.5. The maximum absolute atomic E-state index is 16.8. The van der Waals surface area contributed by atoms with Crippen molar-refractivity contribution in [3.8, 4) is 28.9 Å². The second-order valence-electron chi connectivity index (χ2n) is 13.0. The van der Waals surface area contributed by atoms with Gasteiger partial charge in [0, 0.05) is 42.5 Å². The van der Waals surface area contributed by atoms with E-state index in [9.17, 15) is 13.9 Å². The summed E-state index contributed by atoms with van der Waals surface area (Å²) in [6.45, 7) is 2.14. The van der Waals surface area contributed by atoms with Crippen LogP contribution in [0.15, 0.2) is 24.3 Å². The third-order valence-electron chi connectivity index (χ3n) is 10.4. The van der Waals surface area contributed by atoms with Crippen LogP contribution in [-0.2, 0) is 0 Å². The standard InChI is InChI=1S/C32H30F4N6O3/c33-16-10-32(6-1-7-41(32)11-16)14-45-31-39-28-24-29(40-31)42-12-17-3-5-21(37-17)22(42)13-44-30(24)38-27(26(28)36)19-9-18(43)8-15-2-4-20(34)25(35)23(15)19/h2,4,8-9,16-17,21-22,37,43H,1,3,5-7,10-14H2/t16-,17-,21+,22+,32-/m1/s1. The molecule has 2 N–H and O–H groups in total. The molecule has 0 unspecified atom stereocenters. The topological polar surface area (TPSA) is 95.9 Å². The Hall–Kier alpha value is -3.97. The molecular weight excluding hydrogens is 592 g/mol. The third kappa shape index (κ3) is 4.09. The lowest BCUT2D eigenvalue weighted by molar-refractivity contribution is 0.107. The summed E-state index contributed by atoms with van der Waals surface area (Å²) < 4.78 is 73.5. The van der Waals surface area contributed by atoms with Crippen LogP contribution in [0.3, 0.4) is 0 Å². The lowest BCUT2D eigenvalue weighted by Gasteiger charge is -2.40. The van der Waals surface area contributed by atoms with E-state index in [1.165, 1.54) is 12.1 Å². The quantitative estimate of drug-likeness (QED) is 0.316. The van der Waals surface area contributed by atoms with Gasteiger partial charge < -0.3 is 24.8 Å². The Balaban J connectivity index is 1.24. The largest absolute Gasteiger partial charge is 0.508 e. The zero-order valence-electron chi connectivity index (χ0n) is 24.2. The van der Waals surface area contributed by atoms with Crippen LogP contribution >= 0.6 is 0 Å². The van der Waals surface area contributed by atoms with Crippen molar-refractivity contribution < 1.29 is 32.1 Å². The van der Waals surface area contributed by atoms with Crippen molar-refractivity contribution in [2.24, 2.45) is 0 Å². The van der Waals surface area contributed by atoms with Crippen molar-refractivity contribution in [2.75, 3.05) is 37.7 Å². The fourth-order valence-corrected chi connectivity index (χ4v) is 8.38. The highest BCUT2D eigenvalue weighted by Crippen LogP contribution is 2.45. The minimum absolute atomic E-state index is 0.0538. The number of nitrogens with zero attached hydrogens (tertiary/aromatic N) is 5. The number of ether oxygens (including phenoxy) is 2. The minimum Gasteiger partial charge on any atom is -0.508 e. The first-order chi connectivity index (χ1) is 21.8. The molecule has 0 amide bonds. The van der Waals surface area contributed by atoms with Crippen molar-refractivity contribution in [2.45, 2.75) is 61.9 Å². The fraction of sp³-hybridized carbons (Fsp3) is 0.469. The summed E-state index contributed by atoms with van der Waals surface area (Å²) in [6.07, 6.45) is 3.06. The van der Waals surface area contributed by atoms with E-state index in [0.29, 0.717) is 25.3 Å². The van der Waals surface area contributed by atoms with Gasteiger partial charge in [0.2, 0.25) is 5.88 Å². The van der Waals surface area contributed by atoms with Crippen molar-refractivity contribution in [3.63, 3.8) is 0 Å². The van der Waals surface area contributed by atoms with Gasteiger partial charge in [-0.15, -0.1) is 0 Å². The lowest BCUT2D eigenvalue weighted by Crippen LogP contribution is -2.60. The van der Waals surface area contributed by atoms with Crippen molar-refractivity contribution in [1.82, 2.24) is 25.2 Å². The summed E-state index contributed by atoms with van der Waals surface area (Å²) in [5.74, 6) is -3.01. The monoisotopic (exact) mass is 622 g/mol. The fourth-order valence-electron chi connectivity index (χ4n) is 8.38. The molecule has 0 spiro atoms. The van der Waals surface area contributed by atoms with Crippen molar-refractivity contribution >= 4 is 27.5 Å². The van der Waals surface area contributed by atoms with E-state index in [1.54, 1.807) is 0 Å². The van der Waals surface area contributed by atoms with Crippen LogP contribution in [0.4, 0.5) is 23.4 Å². The molecule has 4 aromatic rings. The van der Waals surface area contributed by atoms with Crippen LogP contribution in [0.25, 0.3) is 32.9 Å². The molecule has 5 aliphatic heterocycles. The Morgan fingerprint density at radius 2 is 1.96 bits per heavy atom. The zero-order chi connectivity index (χ0) is 30.6. The number of hydrogen-bond acceptors (Lipinski definition) is 9. The van der Waals surface area contributed by atoms with Gasteiger partial charge in [-0.2, -0.15) is 9.97 Å². The number of phenols is 1. The normalized spacial score (nSPS) is 28.8. The van der Waals surface area contributed by atoms with Crippen LogP contribution < -0.4 is 19.7 Å². The average Bonchev–Trinajstić information content (AvgIpc) is 3.65. The number of aromatic hydroxyl groups is 1. The van der Waals surface area contributed by atoms with E-state index in [2.05, 4.69) is 25.1 Å². The van der Waals surface area contributed by atoms with Crippen LogP contribution in [0.1, 0.15) is 32.1 Å². The number of benzene rings is 2. The Bertz CT molecular complexity index is 1900. The lowest BCUT2D eigenvalue weighted by atomic mass is 9.95. The molecule has 45 heavy (non-hydrogen) atoms. The van der Waals surface area contributed by atoms with Crippen LogP contribution in [0.2, 0.25) is 0 Å². The second-order valence-corrected chi connectivity index (χ2v) is 13.0. The van der Waals surface area contributed by atoms with Crippen molar-refractivity contribution in [1.29, 1.82) is 0 Å². The van der Waals surface area contributed by atoms with Gasteiger partial charge in [0.1, 0.15) is 47.5 Å². The molecule has 0 saturated carbocycles. The van der Waals surface area contributed by atoms with Gasteiger partial charge in [0.15, 0.2) is 17.5 Å². The van der Waals surface area contributed by atoms with Crippen molar-refractivity contribution in [3.05, 3.63) is 41.7 Å². The molecule has 2 bridgehead atoms. The molecule has 9 nitrogen and oxygen atoms in total. The highest BCUT2D eigenvalue weighted by atomic mass is 19.2. The van der Waals surface area contributed by atoms with E-state index in [0.717, 1.165) is 44.4 Å². The molecule has 5 aliphatic rings. The maximum Gasteiger partial charge on any atom is 0.319 e. The van der Waals surface area contributed by atoms with Gasteiger partial charge in [-0.1, -0.05) is 6.07 Å². The Kier molecular flexibility index (Phi) is 5.93. The highest BCUT2D eigenvalue weighted by Gasteiger charge is 2.50. The number of aromatic nitrogens is 3. The van der Waals surface area contributed by atoms with E-state index in [4.69, 9.17) is 14.5 Å². The smallest absolute Gasteiger partial charge is 0.319 e. The number of halogens is 4.